The van der Waals surface area contributed by atoms with Gasteiger partial charge in [-0.3, -0.25) is 0 Å². The molecule has 0 radical (unpaired) electrons. The molecule has 3 aromatic rings. The fourth-order valence-corrected chi connectivity index (χ4v) is 2.85. The van der Waals surface area contributed by atoms with E-state index in [0.29, 0.717) is 5.13 Å². The molecule has 3 rings (SSSR count). The van der Waals surface area contributed by atoms with Crippen molar-refractivity contribution in [3.63, 3.8) is 0 Å². The zero-order valence-corrected chi connectivity index (χ0v) is 13.2. The summed E-state index contributed by atoms with van der Waals surface area (Å²) < 4.78 is 0. The van der Waals surface area contributed by atoms with Gasteiger partial charge in [-0.1, -0.05) is 60.7 Å². The Balaban J connectivity index is 1.65. The molecule has 0 saturated heterocycles. The maximum Gasteiger partial charge on any atom is 0.230 e. The Labute approximate surface area is 134 Å². The predicted octanol–water partition coefficient (Wildman–Crippen LogP) is 5.53. The van der Waals surface area contributed by atoms with Crippen LogP contribution in [0.2, 0.25) is 0 Å². The normalized spacial score (nSPS) is 12.6. The summed E-state index contributed by atoms with van der Waals surface area (Å²) in [5.41, 5.74) is 3.34. The number of benzene rings is 2. The van der Waals surface area contributed by atoms with E-state index in [1.807, 2.05) is 53.9 Å². The van der Waals surface area contributed by atoms with Crippen LogP contribution in [0.1, 0.15) is 12.5 Å². The Morgan fingerprint density at radius 3 is 2.41 bits per heavy atom. The van der Waals surface area contributed by atoms with Crippen LogP contribution in [0.15, 0.2) is 76.3 Å². The molecule has 1 heterocycles. The molecule has 2 aromatic carbocycles. The first-order valence-corrected chi connectivity index (χ1v) is 8.15. The van der Waals surface area contributed by atoms with Crippen molar-refractivity contribution in [2.75, 3.05) is 0 Å². The van der Waals surface area contributed by atoms with Crippen molar-refractivity contribution >= 4 is 16.5 Å². The first-order chi connectivity index (χ1) is 10.8. The van der Waals surface area contributed by atoms with Crippen molar-refractivity contribution in [3.05, 3.63) is 71.6 Å². The average Bonchev–Trinajstić information content (AvgIpc) is 3.04. The van der Waals surface area contributed by atoms with Gasteiger partial charge in [0.15, 0.2) is 0 Å². The van der Waals surface area contributed by atoms with E-state index in [0.717, 1.165) is 17.7 Å². The number of nitrogens with zero attached hydrogens (tertiary/aromatic N) is 3. The lowest BCUT2D eigenvalue weighted by Crippen LogP contribution is -2.01. The van der Waals surface area contributed by atoms with Crippen LogP contribution < -0.4 is 0 Å². The van der Waals surface area contributed by atoms with Gasteiger partial charge in [0.05, 0.1) is 11.7 Å². The third-order valence-corrected chi connectivity index (χ3v) is 4.00. The van der Waals surface area contributed by atoms with Crippen LogP contribution in [-0.4, -0.2) is 11.0 Å². The van der Waals surface area contributed by atoms with Crippen molar-refractivity contribution in [1.82, 2.24) is 4.98 Å². The second-order valence-electron chi connectivity index (χ2n) is 5.14. The van der Waals surface area contributed by atoms with Crippen LogP contribution >= 0.6 is 11.3 Å². The van der Waals surface area contributed by atoms with Gasteiger partial charge in [-0.25, -0.2) is 4.98 Å². The summed E-state index contributed by atoms with van der Waals surface area (Å²) in [6, 6.07) is 20.6. The first kappa shape index (κ1) is 14.6. The highest BCUT2D eigenvalue weighted by molar-refractivity contribution is 7.13. The molecular formula is C18H17N3S. The van der Waals surface area contributed by atoms with Gasteiger partial charge in [-0.05, 0) is 18.9 Å². The van der Waals surface area contributed by atoms with E-state index in [1.54, 1.807) is 0 Å². The second kappa shape index (κ2) is 7.09. The van der Waals surface area contributed by atoms with Gasteiger partial charge in [-0.15, -0.1) is 16.5 Å². The summed E-state index contributed by atoms with van der Waals surface area (Å²) in [7, 11) is 0. The molecule has 0 amide bonds. The summed E-state index contributed by atoms with van der Waals surface area (Å²) in [6.07, 6.45) is 0.890. The Bertz CT molecular complexity index is 735. The van der Waals surface area contributed by atoms with Gasteiger partial charge >= 0.3 is 0 Å². The predicted molar refractivity (Wildman–Crippen MR) is 91.7 cm³/mol. The molecule has 1 atom stereocenters. The Kier molecular flexibility index (Phi) is 4.71. The van der Waals surface area contributed by atoms with E-state index >= 15 is 0 Å². The lowest BCUT2D eigenvalue weighted by Gasteiger charge is -2.03. The standard InChI is InChI=1S/C18H17N3S/c1-14(12-15-8-4-2-5-9-15)20-21-18-19-17(13-22-18)16-10-6-3-7-11-16/h2-11,13-14H,12H2,1H3. The lowest BCUT2D eigenvalue weighted by molar-refractivity contribution is 0.700. The van der Waals surface area contributed by atoms with Crippen molar-refractivity contribution in [3.8, 4) is 11.3 Å². The van der Waals surface area contributed by atoms with Crippen LogP contribution in [0.25, 0.3) is 11.3 Å². The SMILES string of the molecule is CC(Cc1ccccc1)N=Nc1nc(-c2ccccc2)cs1. The summed E-state index contributed by atoms with van der Waals surface area (Å²) in [6.45, 7) is 2.07. The van der Waals surface area contributed by atoms with Crippen molar-refractivity contribution in [1.29, 1.82) is 0 Å². The van der Waals surface area contributed by atoms with Crippen LogP contribution in [0, 0.1) is 0 Å². The Hall–Kier alpha value is -2.33. The molecule has 1 aromatic heterocycles. The Morgan fingerprint density at radius 2 is 1.68 bits per heavy atom. The van der Waals surface area contributed by atoms with E-state index in [-0.39, 0.29) is 6.04 Å². The number of azo groups is 1. The molecule has 0 bridgehead atoms. The van der Waals surface area contributed by atoms with E-state index in [4.69, 9.17) is 0 Å². The topological polar surface area (TPSA) is 37.6 Å². The van der Waals surface area contributed by atoms with Crippen molar-refractivity contribution in [2.45, 2.75) is 19.4 Å². The number of thiazole rings is 1. The van der Waals surface area contributed by atoms with Gasteiger partial charge in [0.2, 0.25) is 5.13 Å². The average molecular weight is 307 g/mol. The largest absolute Gasteiger partial charge is 0.230 e. The molecule has 110 valence electrons. The molecule has 1 unspecified atom stereocenters. The van der Waals surface area contributed by atoms with Gasteiger partial charge < -0.3 is 0 Å². The third-order valence-electron chi connectivity index (χ3n) is 3.28. The van der Waals surface area contributed by atoms with E-state index < -0.39 is 0 Å². The lowest BCUT2D eigenvalue weighted by atomic mass is 10.1. The summed E-state index contributed by atoms with van der Waals surface area (Å²) in [5.74, 6) is 0. The first-order valence-electron chi connectivity index (χ1n) is 7.27. The summed E-state index contributed by atoms with van der Waals surface area (Å²) >= 11 is 1.52. The zero-order valence-electron chi connectivity index (χ0n) is 12.4. The van der Waals surface area contributed by atoms with Crippen molar-refractivity contribution < 1.29 is 0 Å². The summed E-state index contributed by atoms with van der Waals surface area (Å²) in [4.78, 5) is 4.52. The van der Waals surface area contributed by atoms with E-state index in [9.17, 15) is 0 Å². The molecule has 0 aliphatic rings. The smallest absolute Gasteiger partial charge is 0.217 e. The monoisotopic (exact) mass is 307 g/mol. The fraction of sp³-hybridized carbons (Fsp3) is 0.167. The molecule has 4 heteroatoms. The number of aromatic nitrogens is 1. The maximum absolute atomic E-state index is 4.52. The van der Waals surface area contributed by atoms with Crippen LogP contribution in [-0.2, 0) is 6.42 Å². The number of hydrogen-bond acceptors (Lipinski definition) is 4. The highest BCUT2D eigenvalue weighted by atomic mass is 32.1. The summed E-state index contributed by atoms with van der Waals surface area (Å²) in [5, 5.41) is 11.4. The molecule has 0 spiro atoms. The minimum absolute atomic E-state index is 0.145. The minimum Gasteiger partial charge on any atom is -0.217 e. The van der Waals surface area contributed by atoms with Gasteiger partial charge in [0.25, 0.3) is 0 Å². The van der Waals surface area contributed by atoms with Crippen LogP contribution in [0.4, 0.5) is 5.13 Å². The van der Waals surface area contributed by atoms with Gasteiger partial charge in [-0.2, -0.15) is 5.11 Å². The highest BCUT2D eigenvalue weighted by Crippen LogP contribution is 2.26. The van der Waals surface area contributed by atoms with E-state index in [1.165, 1.54) is 16.9 Å². The van der Waals surface area contributed by atoms with Crippen LogP contribution in [0.5, 0.6) is 0 Å². The molecule has 0 aliphatic carbocycles. The van der Waals surface area contributed by atoms with Gasteiger partial charge in [0.1, 0.15) is 0 Å². The molecule has 3 nitrogen and oxygen atoms in total. The molecule has 0 saturated carbocycles. The minimum atomic E-state index is 0.145. The molecule has 0 N–H and O–H groups in total. The van der Waals surface area contributed by atoms with Crippen LogP contribution in [0.3, 0.4) is 0 Å². The molecule has 0 aliphatic heterocycles. The second-order valence-corrected chi connectivity index (χ2v) is 5.97. The van der Waals surface area contributed by atoms with Gasteiger partial charge in [0, 0.05) is 10.9 Å². The molecule has 22 heavy (non-hydrogen) atoms. The Morgan fingerprint density at radius 1 is 1.00 bits per heavy atom. The maximum atomic E-state index is 4.52. The molecular weight excluding hydrogens is 290 g/mol. The van der Waals surface area contributed by atoms with Crippen molar-refractivity contribution in [2.24, 2.45) is 10.2 Å². The highest BCUT2D eigenvalue weighted by Gasteiger charge is 2.05. The van der Waals surface area contributed by atoms with E-state index in [2.05, 4.69) is 34.3 Å². The third kappa shape index (κ3) is 3.86. The fourth-order valence-electron chi connectivity index (χ4n) is 2.20. The molecule has 0 fully saturated rings. The quantitative estimate of drug-likeness (QED) is 0.571. The zero-order chi connectivity index (χ0) is 15.2. The number of hydrogen-bond donors (Lipinski definition) is 0. The number of rotatable bonds is 5.